The van der Waals surface area contributed by atoms with Gasteiger partial charge in [-0.3, -0.25) is 0 Å². The van der Waals surface area contributed by atoms with Crippen LogP contribution in [0.15, 0.2) is 100 Å². The second-order valence-electron chi connectivity index (χ2n) is 18.7. The van der Waals surface area contributed by atoms with Crippen LogP contribution in [-0.4, -0.2) is 3.21 Å². The molecule has 0 saturated heterocycles. The van der Waals surface area contributed by atoms with E-state index in [-0.39, 0.29) is 35.6 Å². The van der Waals surface area contributed by atoms with Crippen molar-refractivity contribution in [1.29, 1.82) is 0 Å². The van der Waals surface area contributed by atoms with Crippen LogP contribution in [0.5, 0.6) is 0 Å². The Morgan fingerprint density at radius 3 is 1.69 bits per heavy atom. The van der Waals surface area contributed by atoms with E-state index in [0.717, 1.165) is 24.7 Å². The van der Waals surface area contributed by atoms with Crippen LogP contribution in [0.2, 0.25) is 0 Å². The summed E-state index contributed by atoms with van der Waals surface area (Å²) in [6.45, 7) is 14.6. The Kier molecular flexibility index (Phi) is 13.0. The molecule has 0 radical (unpaired) electrons. The fraction of sp³-hybridized carbons (Fsp3) is 0.431. The third-order valence-electron chi connectivity index (χ3n) is 12.8. The molecule has 4 aromatic carbocycles. The van der Waals surface area contributed by atoms with Gasteiger partial charge in [0.1, 0.15) is 0 Å². The van der Waals surface area contributed by atoms with Crippen molar-refractivity contribution < 1.29 is 21.3 Å². The van der Waals surface area contributed by atoms with E-state index in [4.69, 9.17) is 0 Å². The van der Waals surface area contributed by atoms with E-state index in [1.807, 2.05) is 6.55 Å². The molecule has 4 aliphatic carbocycles. The molecule has 2 fully saturated rings. The molecule has 4 aromatic rings. The van der Waals surface area contributed by atoms with Crippen LogP contribution >= 0.6 is 24.8 Å². The minimum atomic E-state index is -2.64. The van der Waals surface area contributed by atoms with E-state index in [1.165, 1.54) is 97.6 Å². The first kappa shape index (κ1) is 41.3. The summed E-state index contributed by atoms with van der Waals surface area (Å²) in [7, 11) is 0. The number of allylic oxidation sites excluding steroid dienone is 4. The van der Waals surface area contributed by atoms with E-state index >= 15 is 0 Å². The number of benzene rings is 4. The Bertz CT molecular complexity index is 2020. The second kappa shape index (κ2) is 17.0. The van der Waals surface area contributed by atoms with Gasteiger partial charge >= 0.3 is 325 Å². The Hall–Kier alpha value is -2.31. The van der Waals surface area contributed by atoms with Crippen LogP contribution in [0.25, 0.3) is 33.4 Å². The normalized spacial score (nSPS) is 16.8. The Balaban J connectivity index is 0.00000249. The fourth-order valence-electron chi connectivity index (χ4n) is 10.2. The molecule has 0 bridgehead atoms. The fourth-order valence-corrected chi connectivity index (χ4v) is 19.5. The quantitative estimate of drug-likeness (QED) is 0.146. The molecule has 0 nitrogen and oxygen atoms in total. The Morgan fingerprint density at radius 1 is 0.630 bits per heavy atom. The van der Waals surface area contributed by atoms with Gasteiger partial charge in [0.25, 0.3) is 0 Å². The van der Waals surface area contributed by atoms with E-state index in [2.05, 4.69) is 142 Å². The molecule has 4 aliphatic rings. The molecular formula is C51H62Cl2Zr. The standard InChI is InChI=1S/C33H33.C13H22.C5H5.2ClH.Zr/c1-32(2,3)30-20-26-24(18-28(30)22-13-9-7-10-14-22)17-25-19-29(23-15-11-8-12-16-23)31(21-27(25)26)33(4,5)6;1-2-7-12(6-1)10-5-11-13-8-3-4-9-13;1-2-4-5-3-1;;;/h7-16,18,20-21H,17H2,1-6H3;12-13H,1-4,6-11H2;1-3H,4H2;2*1H;. The number of fused-ring (bicyclic) bond motifs is 3. The Morgan fingerprint density at radius 2 is 1.17 bits per heavy atom. The first-order valence-electron chi connectivity index (χ1n) is 20.6. The zero-order valence-electron chi connectivity index (χ0n) is 33.7. The molecule has 284 valence electrons. The van der Waals surface area contributed by atoms with Crippen molar-refractivity contribution in [3.63, 3.8) is 0 Å². The molecule has 0 N–H and O–H groups in total. The van der Waals surface area contributed by atoms with E-state index in [9.17, 15) is 0 Å². The summed E-state index contributed by atoms with van der Waals surface area (Å²) < 4.78 is 5.72. The molecule has 0 aliphatic heterocycles. The molecule has 2 saturated carbocycles. The van der Waals surface area contributed by atoms with Crippen LogP contribution < -0.4 is 3.27 Å². The summed E-state index contributed by atoms with van der Waals surface area (Å²) in [6.07, 6.45) is 24.0. The second-order valence-corrected chi connectivity index (χ2v) is 25.1. The molecule has 0 unspecified atom stereocenters. The van der Waals surface area contributed by atoms with Gasteiger partial charge in [0.2, 0.25) is 0 Å². The van der Waals surface area contributed by atoms with Gasteiger partial charge in [0.05, 0.1) is 0 Å². The first-order valence-corrected chi connectivity index (χ1v) is 24.3. The largest absolute Gasteiger partial charge is 0.147 e. The average Bonchev–Trinajstić information content (AvgIpc) is 3.96. The van der Waals surface area contributed by atoms with Crippen LogP contribution in [-0.2, 0) is 38.5 Å². The van der Waals surface area contributed by atoms with Gasteiger partial charge in [-0.2, -0.15) is 0 Å². The number of hydrogen-bond donors (Lipinski definition) is 0. The summed E-state index contributed by atoms with van der Waals surface area (Å²) in [4.78, 5) is 0. The maximum absolute atomic E-state index is 2.68. The predicted octanol–water partition coefficient (Wildman–Crippen LogP) is 14.5. The SMILES string of the molecule is CC(C)(C)c1cc2c(cc1-c1ccccc1)Cc1c-2cc(C(C)(C)C)c(-c2ccccc2)[c]1[Zr]([C]1=CC=CC1)=[C](CC1CCCC1)CC1CCCC1.Cl.Cl. The third-order valence-corrected chi connectivity index (χ3v) is 20.6. The maximum Gasteiger partial charge on any atom is -0.147 e. The van der Waals surface area contributed by atoms with Crippen molar-refractivity contribution >= 4 is 31.3 Å². The molecule has 0 atom stereocenters. The zero-order valence-corrected chi connectivity index (χ0v) is 37.8. The predicted molar refractivity (Wildman–Crippen MR) is 237 cm³/mol. The van der Waals surface area contributed by atoms with Gasteiger partial charge < -0.3 is 0 Å². The van der Waals surface area contributed by atoms with Crippen molar-refractivity contribution in [2.75, 3.05) is 0 Å². The summed E-state index contributed by atoms with van der Waals surface area (Å²) in [5, 5.41) is 0. The van der Waals surface area contributed by atoms with E-state index in [0.29, 0.717) is 0 Å². The van der Waals surface area contributed by atoms with Gasteiger partial charge in [0, 0.05) is 0 Å². The third kappa shape index (κ3) is 8.36. The van der Waals surface area contributed by atoms with Crippen LogP contribution in [0.1, 0.15) is 134 Å². The van der Waals surface area contributed by atoms with Gasteiger partial charge in [0.15, 0.2) is 0 Å². The van der Waals surface area contributed by atoms with Crippen molar-refractivity contribution in [3.05, 3.63) is 123 Å². The van der Waals surface area contributed by atoms with E-state index < -0.39 is 21.3 Å². The molecule has 0 amide bonds. The van der Waals surface area contributed by atoms with Gasteiger partial charge in [-0.05, 0) is 0 Å². The van der Waals surface area contributed by atoms with E-state index in [1.54, 1.807) is 22.3 Å². The first-order chi connectivity index (χ1) is 25.1. The Labute approximate surface area is 347 Å². The minimum absolute atomic E-state index is 0. The van der Waals surface area contributed by atoms with Crippen molar-refractivity contribution in [2.24, 2.45) is 11.8 Å². The summed E-state index contributed by atoms with van der Waals surface area (Å²) in [5.41, 5.74) is 15.1. The minimum Gasteiger partial charge on any atom is -0.147 e. The van der Waals surface area contributed by atoms with Crippen molar-refractivity contribution in [3.8, 4) is 33.4 Å². The summed E-state index contributed by atoms with van der Waals surface area (Å²) in [5.74, 6) is 1.78. The van der Waals surface area contributed by atoms with Crippen LogP contribution in [0.3, 0.4) is 0 Å². The number of halogens is 2. The average molecular weight is 837 g/mol. The number of rotatable bonds is 8. The topological polar surface area (TPSA) is 0 Å². The van der Waals surface area contributed by atoms with Gasteiger partial charge in [-0.15, -0.1) is 24.8 Å². The molecule has 54 heavy (non-hydrogen) atoms. The molecule has 0 spiro atoms. The van der Waals surface area contributed by atoms with Crippen LogP contribution in [0.4, 0.5) is 0 Å². The molecule has 8 rings (SSSR count). The summed E-state index contributed by atoms with van der Waals surface area (Å²) in [6, 6.07) is 30.8. The molecule has 0 aromatic heterocycles. The maximum atomic E-state index is 2.68. The van der Waals surface area contributed by atoms with Gasteiger partial charge in [-0.25, -0.2) is 0 Å². The van der Waals surface area contributed by atoms with Gasteiger partial charge in [-0.1, -0.05) is 0 Å². The smallest absolute Gasteiger partial charge is 0.147 e. The van der Waals surface area contributed by atoms with Crippen LogP contribution in [0, 0.1) is 11.8 Å². The van der Waals surface area contributed by atoms with Crippen molar-refractivity contribution in [2.45, 2.75) is 129 Å². The van der Waals surface area contributed by atoms with Crippen molar-refractivity contribution in [1.82, 2.24) is 0 Å². The monoisotopic (exact) mass is 834 g/mol. The molecular weight excluding hydrogens is 775 g/mol. The zero-order chi connectivity index (χ0) is 36.0. The molecule has 0 heterocycles. The molecule has 3 heteroatoms. The summed E-state index contributed by atoms with van der Waals surface area (Å²) >= 11 is -2.64. The number of hydrogen-bond acceptors (Lipinski definition) is 0.